The zero-order chi connectivity index (χ0) is 17.8. The molecule has 1 atom stereocenters. The maximum Gasteiger partial charge on any atom is 0.254 e. The molecular formula is C19H26N4O2. The Balaban J connectivity index is 1.71. The molecule has 1 amide bonds. The van der Waals surface area contributed by atoms with Crippen LogP contribution in [-0.2, 0) is 6.54 Å². The van der Waals surface area contributed by atoms with E-state index in [4.69, 9.17) is 4.52 Å². The number of aryl methyl sites for hydroxylation is 1. The summed E-state index contributed by atoms with van der Waals surface area (Å²) in [5, 5.41) is 4.00. The van der Waals surface area contributed by atoms with E-state index >= 15 is 0 Å². The van der Waals surface area contributed by atoms with E-state index in [1.807, 2.05) is 17.0 Å². The normalized spacial score (nSPS) is 17.4. The molecule has 0 N–H and O–H groups in total. The molecule has 6 nitrogen and oxygen atoms in total. The van der Waals surface area contributed by atoms with Crippen molar-refractivity contribution >= 4 is 5.91 Å². The Hall–Kier alpha value is -2.21. The Bertz CT molecular complexity index is 706. The van der Waals surface area contributed by atoms with Gasteiger partial charge in [-0.1, -0.05) is 31.1 Å². The summed E-state index contributed by atoms with van der Waals surface area (Å²) in [5.41, 5.74) is 1.95. The van der Waals surface area contributed by atoms with Gasteiger partial charge in [0.25, 0.3) is 5.91 Å². The first-order valence-corrected chi connectivity index (χ1v) is 9.04. The first-order valence-electron chi connectivity index (χ1n) is 9.04. The molecule has 1 saturated heterocycles. The number of hydrogen-bond donors (Lipinski definition) is 0. The molecule has 134 valence electrons. The standard InChI is InChI=1S/C19H26N4O2/c1-4-22(5-2)13-15-8-10-16(11-9-15)19(24)23-12-6-7-17(23)18-20-14(3)25-21-18/h8-11,17H,4-7,12-13H2,1-3H3/t17-/m1/s1. The summed E-state index contributed by atoms with van der Waals surface area (Å²) in [4.78, 5) is 21.4. The Morgan fingerprint density at radius 3 is 2.60 bits per heavy atom. The van der Waals surface area contributed by atoms with Crippen molar-refractivity contribution in [3.8, 4) is 0 Å². The van der Waals surface area contributed by atoms with E-state index in [9.17, 15) is 4.79 Å². The highest BCUT2D eigenvalue weighted by molar-refractivity contribution is 5.94. The van der Waals surface area contributed by atoms with Gasteiger partial charge in [-0.25, -0.2) is 0 Å². The van der Waals surface area contributed by atoms with E-state index in [0.29, 0.717) is 11.7 Å². The number of likely N-dealkylation sites (tertiary alicyclic amines) is 1. The third-order valence-corrected chi connectivity index (χ3v) is 4.86. The minimum atomic E-state index is -0.0831. The van der Waals surface area contributed by atoms with Crippen LogP contribution in [0, 0.1) is 6.92 Å². The molecule has 1 fully saturated rings. The van der Waals surface area contributed by atoms with Crippen LogP contribution in [0.3, 0.4) is 0 Å². The van der Waals surface area contributed by atoms with Crippen molar-refractivity contribution < 1.29 is 9.32 Å². The lowest BCUT2D eigenvalue weighted by atomic mass is 10.1. The summed E-state index contributed by atoms with van der Waals surface area (Å²) in [7, 11) is 0. The monoisotopic (exact) mass is 342 g/mol. The van der Waals surface area contributed by atoms with E-state index in [1.165, 1.54) is 5.56 Å². The lowest BCUT2D eigenvalue weighted by Crippen LogP contribution is -2.31. The van der Waals surface area contributed by atoms with Gasteiger partial charge in [0.1, 0.15) is 0 Å². The topological polar surface area (TPSA) is 62.5 Å². The zero-order valence-electron chi connectivity index (χ0n) is 15.2. The van der Waals surface area contributed by atoms with Crippen LogP contribution in [0.15, 0.2) is 28.8 Å². The average molecular weight is 342 g/mol. The quantitative estimate of drug-likeness (QED) is 0.807. The van der Waals surface area contributed by atoms with Gasteiger partial charge in [0.2, 0.25) is 5.89 Å². The molecule has 0 saturated carbocycles. The third-order valence-electron chi connectivity index (χ3n) is 4.86. The molecule has 25 heavy (non-hydrogen) atoms. The van der Waals surface area contributed by atoms with Crippen LogP contribution in [0.2, 0.25) is 0 Å². The molecule has 2 aromatic rings. The molecule has 1 aromatic carbocycles. The van der Waals surface area contributed by atoms with Crippen LogP contribution >= 0.6 is 0 Å². The molecule has 0 bridgehead atoms. The van der Waals surface area contributed by atoms with E-state index in [1.54, 1.807) is 6.92 Å². The Morgan fingerprint density at radius 2 is 2.00 bits per heavy atom. The summed E-state index contributed by atoms with van der Waals surface area (Å²) in [5.74, 6) is 1.19. The summed E-state index contributed by atoms with van der Waals surface area (Å²) in [6.45, 7) is 9.79. The second-order valence-electron chi connectivity index (χ2n) is 6.49. The SMILES string of the molecule is CCN(CC)Cc1ccc(C(=O)N2CCC[C@@H]2c2noc(C)n2)cc1. The molecule has 1 aromatic heterocycles. The predicted molar refractivity (Wildman–Crippen MR) is 95.1 cm³/mol. The molecule has 3 rings (SSSR count). The zero-order valence-corrected chi connectivity index (χ0v) is 15.2. The minimum absolute atomic E-state index is 0.0411. The summed E-state index contributed by atoms with van der Waals surface area (Å²) >= 11 is 0. The number of carbonyl (C=O) groups is 1. The summed E-state index contributed by atoms with van der Waals surface area (Å²) in [6, 6.07) is 7.88. The number of hydrogen-bond acceptors (Lipinski definition) is 5. The molecule has 1 aliphatic heterocycles. The lowest BCUT2D eigenvalue weighted by molar-refractivity contribution is 0.0728. The highest BCUT2D eigenvalue weighted by Crippen LogP contribution is 2.31. The lowest BCUT2D eigenvalue weighted by Gasteiger charge is -2.22. The number of aromatic nitrogens is 2. The van der Waals surface area contributed by atoms with Crippen molar-refractivity contribution in [1.29, 1.82) is 0 Å². The van der Waals surface area contributed by atoms with Gasteiger partial charge in [-0.2, -0.15) is 4.98 Å². The van der Waals surface area contributed by atoms with Gasteiger partial charge in [0.15, 0.2) is 5.82 Å². The van der Waals surface area contributed by atoms with E-state index in [-0.39, 0.29) is 11.9 Å². The van der Waals surface area contributed by atoms with Gasteiger partial charge in [-0.15, -0.1) is 0 Å². The fourth-order valence-electron chi connectivity index (χ4n) is 3.35. The van der Waals surface area contributed by atoms with E-state index < -0.39 is 0 Å². The summed E-state index contributed by atoms with van der Waals surface area (Å²) < 4.78 is 5.08. The minimum Gasteiger partial charge on any atom is -0.340 e. The third kappa shape index (κ3) is 3.90. The Labute approximate surface area is 148 Å². The van der Waals surface area contributed by atoms with Crippen molar-refractivity contribution in [2.45, 2.75) is 46.2 Å². The number of rotatable bonds is 6. The van der Waals surface area contributed by atoms with Crippen LogP contribution in [0.4, 0.5) is 0 Å². The molecule has 0 unspecified atom stereocenters. The fourth-order valence-corrected chi connectivity index (χ4v) is 3.35. The first kappa shape index (κ1) is 17.6. The van der Waals surface area contributed by atoms with Crippen LogP contribution in [0.25, 0.3) is 0 Å². The van der Waals surface area contributed by atoms with Gasteiger partial charge in [-0.3, -0.25) is 9.69 Å². The number of benzene rings is 1. The first-order chi connectivity index (χ1) is 12.1. The van der Waals surface area contributed by atoms with E-state index in [0.717, 1.165) is 44.6 Å². The largest absolute Gasteiger partial charge is 0.340 e. The maximum absolute atomic E-state index is 12.9. The van der Waals surface area contributed by atoms with Crippen LogP contribution in [-0.4, -0.2) is 45.5 Å². The summed E-state index contributed by atoms with van der Waals surface area (Å²) in [6.07, 6.45) is 1.84. The molecule has 0 aliphatic carbocycles. The van der Waals surface area contributed by atoms with E-state index in [2.05, 4.69) is 41.0 Å². The number of amides is 1. The van der Waals surface area contributed by atoms with Gasteiger partial charge >= 0.3 is 0 Å². The number of carbonyl (C=O) groups excluding carboxylic acids is 1. The van der Waals surface area contributed by atoms with Crippen LogP contribution in [0.1, 0.15) is 60.4 Å². The molecule has 6 heteroatoms. The molecule has 0 spiro atoms. The average Bonchev–Trinajstić information content (AvgIpc) is 3.28. The molecule has 1 aliphatic rings. The van der Waals surface area contributed by atoms with Gasteiger partial charge in [0, 0.05) is 25.6 Å². The van der Waals surface area contributed by atoms with Crippen molar-refractivity contribution in [3.05, 3.63) is 47.1 Å². The molecule has 2 heterocycles. The van der Waals surface area contributed by atoms with Crippen LogP contribution in [0.5, 0.6) is 0 Å². The second kappa shape index (κ2) is 7.78. The highest BCUT2D eigenvalue weighted by atomic mass is 16.5. The fraction of sp³-hybridized carbons (Fsp3) is 0.526. The van der Waals surface area contributed by atoms with Crippen molar-refractivity contribution in [2.24, 2.45) is 0 Å². The number of nitrogens with zero attached hydrogens (tertiary/aromatic N) is 4. The Morgan fingerprint density at radius 1 is 1.28 bits per heavy atom. The maximum atomic E-state index is 12.9. The molecular weight excluding hydrogens is 316 g/mol. The second-order valence-corrected chi connectivity index (χ2v) is 6.49. The van der Waals surface area contributed by atoms with Crippen molar-refractivity contribution in [2.75, 3.05) is 19.6 Å². The van der Waals surface area contributed by atoms with Gasteiger partial charge < -0.3 is 9.42 Å². The predicted octanol–water partition coefficient (Wildman–Crippen LogP) is 3.20. The smallest absolute Gasteiger partial charge is 0.254 e. The van der Waals surface area contributed by atoms with Crippen molar-refractivity contribution in [3.63, 3.8) is 0 Å². The Kier molecular flexibility index (Phi) is 5.48. The highest BCUT2D eigenvalue weighted by Gasteiger charge is 2.33. The van der Waals surface area contributed by atoms with Crippen LogP contribution < -0.4 is 0 Å². The van der Waals surface area contributed by atoms with Gasteiger partial charge in [0.05, 0.1) is 6.04 Å². The van der Waals surface area contributed by atoms with Gasteiger partial charge in [-0.05, 0) is 43.6 Å². The molecule has 0 radical (unpaired) electrons. The van der Waals surface area contributed by atoms with Crippen molar-refractivity contribution in [1.82, 2.24) is 19.9 Å².